The van der Waals surface area contributed by atoms with Crippen molar-refractivity contribution in [3.63, 3.8) is 0 Å². The maximum absolute atomic E-state index is 12.0. The van der Waals surface area contributed by atoms with E-state index in [0.717, 1.165) is 10.6 Å². The van der Waals surface area contributed by atoms with Gasteiger partial charge in [0.25, 0.3) is 5.91 Å². The lowest BCUT2D eigenvalue weighted by Crippen LogP contribution is -2.36. The van der Waals surface area contributed by atoms with Gasteiger partial charge in [-0.1, -0.05) is 0 Å². The number of aryl methyl sites for hydroxylation is 1. The number of rotatable bonds is 3. The van der Waals surface area contributed by atoms with E-state index < -0.39 is 24.5 Å². The van der Waals surface area contributed by atoms with Crippen LogP contribution in [0.15, 0.2) is 24.0 Å². The Morgan fingerprint density at radius 2 is 2.21 bits per heavy atom. The normalized spacial score (nSPS) is 16.9. The van der Waals surface area contributed by atoms with E-state index in [-0.39, 0.29) is 5.70 Å². The van der Waals surface area contributed by atoms with Crippen molar-refractivity contribution in [2.24, 2.45) is 7.05 Å². The first-order valence-electron chi connectivity index (χ1n) is 5.55. The zero-order chi connectivity index (χ0) is 14.0. The zero-order valence-corrected chi connectivity index (χ0v) is 10.5. The predicted molar refractivity (Wildman–Crippen MR) is 65.7 cm³/mol. The number of methoxy groups -OCH3 is 1. The topological polar surface area (TPSA) is 80.6 Å². The molecule has 2 heterocycles. The fraction of sp³-hybridized carbons (Fsp3) is 0.250. The van der Waals surface area contributed by atoms with Gasteiger partial charge in [-0.05, 0) is 18.2 Å². The first kappa shape index (κ1) is 12.9. The number of imide groups is 1. The maximum atomic E-state index is 12.0. The van der Waals surface area contributed by atoms with Crippen molar-refractivity contribution < 1.29 is 19.1 Å². The molecular formula is C12H13N3O4. The molecule has 0 saturated carbocycles. The van der Waals surface area contributed by atoms with Crippen LogP contribution in [0, 0.1) is 0 Å². The van der Waals surface area contributed by atoms with Gasteiger partial charge in [-0.3, -0.25) is 9.59 Å². The monoisotopic (exact) mass is 263 g/mol. The van der Waals surface area contributed by atoms with Gasteiger partial charge in [0.1, 0.15) is 12.2 Å². The first-order chi connectivity index (χ1) is 9.02. The van der Waals surface area contributed by atoms with Gasteiger partial charge in [-0.15, -0.1) is 0 Å². The standard InChI is InChI=1S/C12H13N3O4/c1-14-5-3-4-8(14)6-9-11(17)15(12(18)13-9)7-10(16)19-2/h3-6H,7H2,1-2H3,(H,13,18)/b9-6+. The van der Waals surface area contributed by atoms with E-state index in [0.29, 0.717) is 0 Å². The second-order valence-corrected chi connectivity index (χ2v) is 4.00. The molecule has 0 unspecified atom stereocenters. The average molecular weight is 263 g/mol. The summed E-state index contributed by atoms with van der Waals surface area (Å²) in [7, 11) is 3.02. The van der Waals surface area contributed by atoms with Crippen LogP contribution in [0.5, 0.6) is 0 Å². The molecule has 0 bridgehead atoms. The molecule has 1 aliphatic heterocycles. The van der Waals surface area contributed by atoms with Gasteiger partial charge in [-0.25, -0.2) is 9.69 Å². The van der Waals surface area contributed by atoms with Crippen molar-refractivity contribution in [1.29, 1.82) is 0 Å². The van der Waals surface area contributed by atoms with Crippen LogP contribution in [0.1, 0.15) is 5.69 Å². The zero-order valence-electron chi connectivity index (χ0n) is 10.5. The summed E-state index contributed by atoms with van der Waals surface area (Å²) in [6, 6.07) is 2.99. The van der Waals surface area contributed by atoms with Crippen LogP contribution in [0.25, 0.3) is 6.08 Å². The molecule has 100 valence electrons. The number of aromatic nitrogens is 1. The van der Waals surface area contributed by atoms with E-state index in [1.165, 1.54) is 7.11 Å². The van der Waals surface area contributed by atoms with Crippen molar-refractivity contribution in [3.8, 4) is 0 Å². The molecule has 0 atom stereocenters. The Kier molecular flexibility index (Phi) is 3.37. The Morgan fingerprint density at radius 1 is 1.47 bits per heavy atom. The molecule has 1 fully saturated rings. The van der Waals surface area contributed by atoms with Crippen LogP contribution in [-0.4, -0.2) is 41.0 Å². The Bertz CT molecular complexity index is 573. The number of ether oxygens (including phenoxy) is 1. The van der Waals surface area contributed by atoms with Crippen molar-refractivity contribution in [2.45, 2.75) is 0 Å². The lowest BCUT2D eigenvalue weighted by molar-refractivity contribution is -0.143. The largest absolute Gasteiger partial charge is 0.468 e. The van der Waals surface area contributed by atoms with Crippen LogP contribution in [0.2, 0.25) is 0 Å². The van der Waals surface area contributed by atoms with Crippen LogP contribution in [0.3, 0.4) is 0 Å². The molecule has 19 heavy (non-hydrogen) atoms. The quantitative estimate of drug-likeness (QED) is 0.476. The van der Waals surface area contributed by atoms with Gasteiger partial charge in [0.05, 0.1) is 7.11 Å². The average Bonchev–Trinajstić information content (AvgIpc) is 2.89. The third-order valence-corrected chi connectivity index (χ3v) is 2.75. The van der Waals surface area contributed by atoms with Crippen LogP contribution in [-0.2, 0) is 21.4 Å². The summed E-state index contributed by atoms with van der Waals surface area (Å²) in [6.07, 6.45) is 3.37. The maximum Gasteiger partial charge on any atom is 0.329 e. The lowest BCUT2D eigenvalue weighted by atomic mass is 10.3. The summed E-state index contributed by atoms with van der Waals surface area (Å²) in [6.45, 7) is -0.397. The van der Waals surface area contributed by atoms with Crippen LogP contribution in [0.4, 0.5) is 4.79 Å². The van der Waals surface area contributed by atoms with Gasteiger partial charge >= 0.3 is 12.0 Å². The Hall–Kier alpha value is -2.57. The molecule has 1 saturated heterocycles. The predicted octanol–water partition coefficient (Wildman–Crippen LogP) is 0.0908. The van der Waals surface area contributed by atoms with E-state index in [1.54, 1.807) is 16.7 Å². The highest BCUT2D eigenvalue weighted by Gasteiger charge is 2.35. The summed E-state index contributed by atoms with van der Waals surface area (Å²) in [5.74, 6) is -1.19. The van der Waals surface area contributed by atoms with Crippen molar-refractivity contribution in [1.82, 2.24) is 14.8 Å². The molecular weight excluding hydrogens is 250 g/mol. The van der Waals surface area contributed by atoms with Gasteiger partial charge in [-0.2, -0.15) is 0 Å². The summed E-state index contributed by atoms with van der Waals surface area (Å²) in [4.78, 5) is 35.5. The van der Waals surface area contributed by atoms with Gasteiger partial charge in [0, 0.05) is 18.9 Å². The number of nitrogens with zero attached hydrogens (tertiary/aromatic N) is 2. The number of hydrogen-bond donors (Lipinski definition) is 1. The summed E-state index contributed by atoms with van der Waals surface area (Å²) in [5, 5.41) is 2.43. The molecule has 0 aliphatic carbocycles. The SMILES string of the molecule is COC(=O)CN1C(=O)N/C(=C/c2cccn2C)C1=O. The van der Waals surface area contributed by atoms with E-state index in [4.69, 9.17) is 0 Å². The molecule has 7 nitrogen and oxygen atoms in total. The Balaban J connectivity index is 2.21. The molecule has 3 amide bonds. The van der Waals surface area contributed by atoms with E-state index >= 15 is 0 Å². The summed E-state index contributed by atoms with van der Waals surface area (Å²) < 4.78 is 6.23. The third-order valence-electron chi connectivity index (χ3n) is 2.75. The minimum absolute atomic E-state index is 0.135. The first-order valence-corrected chi connectivity index (χ1v) is 5.55. The van der Waals surface area contributed by atoms with E-state index in [2.05, 4.69) is 10.1 Å². The molecule has 0 spiro atoms. The van der Waals surface area contributed by atoms with Gasteiger partial charge in [0.15, 0.2) is 0 Å². The van der Waals surface area contributed by atoms with Crippen LogP contribution >= 0.6 is 0 Å². The molecule has 0 radical (unpaired) electrons. The van der Waals surface area contributed by atoms with Crippen molar-refractivity contribution >= 4 is 24.0 Å². The number of carbonyl (C=O) groups is 3. The van der Waals surface area contributed by atoms with Crippen molar-refractivity contribution in [3.05, 3.63) is 29.7 Å². The van der Waals surface area contributed by atoms with Crippen molar-refractivity contribution in [2.75, 3.05) is 13.7 Å². The second kappa shape index (κ2) is 4.97. The fourth-order valence-corrected chi connectivity index (χ4v) is 1.68. The highest BCUT2D eigenvalue weighted by atomic mass is 16.5. The number of esters is 1. The molecule has 1 aromatic heterocycles. The molecule has 0 aromatic carbocycles. The molecule has 1 aromatic rings. The van der Waals surface area contributed by atoms with Gasteiger partial charge in [0.2, 0.25) is 0 Å². The number of hydrogen-bond acceptors (Lipinski definition) is 4. The van der Waals surface area contributed by atoms with Gasteiger partial charge < -0.3 is 14.6 Å². The van der Waals surface area contributed by atoms with E-state index in [1.807, 2.05) is 19.3 Å². The summed E-state index contributed by atoms with van der Waals surface area (Å²) >= 11 is 0. The Morgan fingerprint density at radius 3 is 2.79 bits per heavy atom. The van der Waals surface area contributed by atoms with E-state index in [9.17, 15) is 14.4 Å². The molecule has 7 heteroatoms. The smallest absolute Gasteiger partial charge is 0.329 e. The minimum Gasteiger partial charge on any atom is -0.468 e. The molecule has 2 rings (SSSR count). The highest BCUT2D eigenvalue weighted by Crippen LogP contribution is 2.13. The Labute approximate surface area is 109 Å². The highest BCUT2D eigenvalue weighted by molar-refractivity contribution is 6.15. The summed E-state index contributed by atoms with van der Waals surface area (Å²) in [5.41, 5.74) is 0.902. The number of carbonyl (C=O) groups excluding carboxylic acids is 3. The fourth-order valence-electron chi connectivity index (χ4n) is 1.68. The molecule has 1 aliphatic rings. The lowest BCUT2D eigenvalue weighted by Gasteiger charge is -2.08. The number of nitrogens with one attached hydrogen (secondary N) is 1. The minimum atomic E-state index is -0.649. The number of amides is 3. The molecule has 1 N–H and O–H groups in total. The number of urea groups is 1. The second-order valence-electron chi connectivity index (χ2n) is 4.00. The third kappa shape index (κ3) is 2.49. The van der Waals surface area contributed by atoms with Crippen LogP contribution < -0.4 is 5.32 Å².